The summed E-state index contributed by atoms with van der Waals surface area (Å²) in [5.41, 5.74) is 5.43. The molecule has 8 heteroatoms. The Kier molecular flexibility index (Phi) is 3.64. The van der Waals surface area contributed by atoms with Crippen molar-refractivity contribution in [3.63, 3.8) is 0 Å². The fourth-order valence-corrected chi connectivity index (χ4v) is 2.78. The van der Waals surface area contributed by atoms with Crippen molar-refractivity contribution in [3.8, 4) is 22.9 Å². The van der Waals surface area contributed by atoms with Crippen LogP contribution in [-0.4, -0.2) is 32.8 Å². The van der Waals surface area contributed by atoms with E-state index in [9.17, 15) is 0 Å². The van der Waals surface area contributed by atoms with Crippen molar-refractivity contribution in [2.75, 3.05) is 12.2 Å². The number of hydrazone groups is 1. The van der Waals surface area contributed by atoms with E-state index in [1.54, 1.807) is 16.8 Å². The Labute approximate surface area is 154 Å². The van der Waals surface area contributed by atoms with E-state index < -0.39 is 0 Å². The van der Waals surface area contributed by atoms with Gasteiger partial charge in [-0.15, -0.1) is 15.3 Å². The molecule has 0 spiro atoms. The third-order valence-electron chi connectivity index (χ3n) is 4.08. The highest BCUT2D eigenvalue weighted by Crippen LogP contribution is 2.32. The molecule has 1 N–H and O–H groups in total. The maximum Gasteiger partial charge on any atom is 0.231 e. The summed E-state index contributed by atoms with van der Waals surface area (Å²) in [6.45, 7) is 0.251. The number of fused-ring (bicyclic) bond motifs is 2. The number of hydrogen-bond donors (Lipinski definition) is 1. The molecule has 0 bridgehead atoms. The van der Waals surface area contributed by atoms with Crippen molar-refractivity contribution in [1.82, 2.24) is 19.8 Å². The number of nitrogens with zero attached hydrogens (tertiary/aromatic N) is 5. The molecule has 0 fully saturated rings. The molecule has 3 heterocycles. The van der Waals surface area contributed by atoms with Crippen molar-refractivity contribution in [2.24, 2.45) is 5.10 Å². The first kappa shape index (κ1) is 15.3. The standard InChI is InChI=1S/C19H14N6O2/c1-2-4-14(5-3-1)19-23-22-18-9-8-17(24-25(18)19)21-20-11-13-6-7-15-16(10-13)27-12-26-15/h1-11H,12H2,(H,21,24). The lowest BCUT2D eigenvalue weighted by molar-refractivity contribution is 0.174. The summed E-state index contributed by atoms with van der Waals surface area (Å²) in [4.78, 5) is 0. The molecule has 0 atom stereocenters. The van der Waals surface area contributed by atoms with Gasteiger partial charge in [-0.3, -0.25) is 5.43 Å². The lowest BCUT2D eigenvalue weighted by Crippen LogP contribution is -2.00. The zero-order chi connectivity index (χ0) is 18.1. The van der Waals surface area contributed by atoms with Crippen molar-refractivity contribution in [3.05, 3.63) is 66.2 Å². The van der Waals surface area contributed by atoms with Gasteiger partial charge < -0.3 is 9.47 Å². The molecule has 0 radical (unpaired) electrons. The minimum absolute atomic E-state index is 0.251. The van der Waals surface area contributed by atoms with Crippen molar-refractivity contribution in [2.45, 2.75) is 0 Å². The van der Waals surface area contributed by atoms with Gasteiger partial charge in [0.15, 0.2) is 28.8 Å². The molecule has 0 saturated carbocycles. The first-order valence-corrected chi connectivity index (χ1v) is 8.33. The molecule has 0 saturated heterocycles. The summed E-state index contributed by atoms with van der Waals surface area (Å²) in [7, 11) is 0. The zero-order valence-corrected chi connectivity index (χ0v) is 14.1. The first-order valence-electron chi connectivity index (χ1n) is 8.33. The van der Waals surface area contributed by atoms with E-state index in [0.717, 1.165) is 22.6 Å². The maximum absolute atomic E-state index is 5.36. The van der Waals surface area contributed by atoms with Crippen LogP contribution >= 0.6 is 0 Å². The van der Waals surface area contributed by atoms with E-state index in [0.29, 0.717) is 17.3 Å². The predicted molar refractivity (Wildman–Crippen MR) is 100.0 cm³/mol. The van der Waals surface area contributed by atoms with Gasteiger partial charge >= 0.3 is 0 Å². The van der Waals surface area contributed by atoms with E-state index in [-0.39, 0.29) is 6.79 Å². The third-order valence-corrected chi connectivity index (χ3v) is 4.08. The van der Waals surface area contributed by atoms with Crippen molar-refractivity contribution >= 4 is 17.7 Å². The largest absolute Gasteiger partial charge is 0.454 e. The lowest BCUT2D eigenvalue weighted by atomic mass is 10.2. The molecule has 132 valence electrons. The zero-order valence-electron chi connectivity index (χ0n) is 14.1. The van der Waals surface area contributed by atoms with Gasteiger partial charge in [-0.1, -0.05) is 30.3 Å². The molecule has 1 aliphatic heterocycles. The van der Waals surface area contributed by atoms with Gasteiger partial charge in [0, 0.05) is 5.56 Å². The number of nitrogens with one attached hydrogen (secondary N) is 1. The highest BCUT2D eigenvalue weighted by molar-refractivity contribution is 5.81. The monoisotopic (exact) mass is 358 g/mol. The van der Waals surface area contributed by atoms with Crippen LogP contribution in [-0.2, 0) is 0 Å². The fraction of sp³-hybridized carbons (Fsp3) is 0.0526. The van der Waals surface area contributed by atoms with Crippen LogP contribution < -0.4 is 14.9 Å². The summed E-state index contributed by atoms with van der Waals surface area (Å²) in [6, 6.07) is 19.1. The number of benzene rings is 2. The van der Waals surface area contributed by atoms with Gasteiger partial charge in [0.05, 0.1) is 6.21 Å². The second kappa shape index (κ2) is 6.41. The van der Waals surface area contributed by atoms with Crippen LogP contribution in [0.3, 0.4) is 0 Å². The second-order valence-electron chi connectivity index (χ2n) is 5.86. The Balaban J connectivity index is 1.39. The summed E-state index contributed by atoms with van der Waals surface area (Å²) in [5, 5.41) is 17.1. The maximum atomic E-state index is 5.36. The number of aromatic nitrogens is 4. The lowest BCUT2D eigenvalue weighted by Gasteiger charge is -2.02. The van der Waals surface area contributed by atoms with Crippen LogP contribution in [0.1, 0.15) is 5.56 Å². The van der Waals surface area contributed by atoms with E-state index in [1.165, 1.54) is 0 Å². The van der Waals surface area contributed by atoms with Crippen LogP contribution in [0.2, 0.25) is 0 Å². The highest BCUT2D eigenvalue weighted by Gasteiger charge is 2.12. The quantitative estimate of drug-likeness (QED) is 0.446. The minimum atomic E-state index is 0.251. The number of ether oxygens (including phenoxy) is 2. The van der Waals surface area contributed by atoms with Crippen LogP contribution in [0.5, 0.6) is 11.5 Å². The predicted octanol–water partition coefficient (Wildman–Crippen LogP) is 2.97. The van der Waals surface area contributed by atoms with Gasteiger partial charge in [0.2, 0.25) is 6.79 Å². The first-order chi connectivity index (χ1) is 13.4. The topological polar surface area (TPSA) is 85.9 Å². The van der Waals surface area contributed by atoms with Gasteiger partial charge in [0.25, 0.3) is 0 Å². The molecule has 2 aromatic heterocycles. The minimum Gasteiger partial charge on any atom is -0.454 e. The molecule has 1 aliphatic rings. The van der Waals surface area contributed by atoms with Crippen LogP contribution in [0.15, 0.2) is 65.8 Å². The highest BCUT2D eigenvalue weighted by atomic mass is 16.7. The number of anilines is 1. The van der Waals surface area contributed by atoms with E-state index >= 15 is 0 Å². The van der Waals surface area contributed by atoms with E-state index in [1.807, 2.05) is 54.6 Å². The van der Waals surface area contributed by atoms with Gasteiger partial charge in [0.1, 0.15) is 0 Å². The fourth-order valence-electron chi connectivity index (χ4n) is 2.78. The Bertz CT molecular complexity index is 1140. The molecule has 0 amide bonds. The van der Waals surface area contributed by atoms with Gasteiger partial charge in [-0.25, -0.2) is 0 Å². The molecule has 2 aromatic carbocycles. The third kappa shape index (κ3) is 2.93. The van der Waals surface area contributed by atoms with Gasteiger partial charge in [-0.2, -0.15) is 9.62 Å². The molecular weight excluding hydrogens is 344 g/mol. The SMILES string of the molecule is C(=NNc1ccc2nnc(-c3ccccc3)n2n1)c1ccc2c(c1)OCO2. The molecule has 8 nitrogen and oxygen atoms in total. The van der Waals surface area contributed by atoms with Crippen LogP contribution in [0, 0.1) is 0 Å². The Hall–Kier alpha value is -3.94. The van der Waals surface area contributed by atoms with E-state index in [4.69, 9.17) is 9.47 Å². The van der Waals surface area contributed by atoms with Gasteiger partial charge in [-0.05, 0) is 35.9 Å². The normalized spacial score (nSPS) is 12.7. The summed E-state index contributed by atoms with van der Waals surface area (Å²) in [6.07, 6.45) is 1.69. The Morgan fingerprint density at radius 2 is 1.85 bits per heavy atom. The van der Waals surface area contributed by atoms with Crippen molar-refractivity contribution in [1.29, 1.82) is 0 Å². The van der Waals surface area contributed by atoms with Crippen LogP contribution in [0.4, 0.5) is 5.82 Å². The molecule has 0 unspecified atom stereocenters. The summed E-state index contributed by atoms with van der Waals surface area (Å²) in [5.74, 6) is 2.72. The van der Waals surface area contributed by atoms with E-state index in [2.05, 4.69) is 25.8 Å². The molecular formula is C19H14N6O2. The molecule has 5 rings (SSSR count). The number of hydrogen-bond acceptors (Lipinski definition) is 7. The Morgan fingerprint density at radius 3 is 2.78 bits per heavy atom. The average Bonchev–Trinajstić information content (AvgIpc) is 3.35. The molecule has 0 aliphatic carbocycles. The average molecular weight is 358 g/mol. The van der Waals surface area contributed by atoms with Crippen LogP contribution in [0.25, 0.3) is 17.0 Å². The molecule has 4 aromatic rings. The van der Waals surface area contributed by atoms with Crippen molar-refractivity contribution < 1.29 is 9.47 Å². The smallest absolute Gasteiger partial charge is 0.231 e. The second-order valence-corrected chi connectivity index (χ2v) is 5.86. The Morgan fingerprint density at radius 1 is 0.963 bits per heavy atom. The number of rotatable bonds is 4. The molecule has 27 heavy (non-hydrogen) atoms. The summed E-state index contributed by atoms with van der Waals surface area (Å²) >= 11 is 0. The summed E-state index contributed by atoms with van der Waals surface area (Å²) < 4.78 is 12.4.